The Morgan fingerprint density at radius 2 is 1.70 bits per heavy atom. The molecular weight excluding hydrogens is 270 g/mol. The minimum atomic E-state index is -1.15. The van der Waals surface area contributed by atoms with E-state index in [4.69, 9.17) is 0 Å². The molecule has 108 valence electrons. The van der Waals surface area contributed by atoms with Gasteiger partial charge in [0.2, 0.25) is 0 Å². The van der Waals surface area contributed by atoms with Crippen LogP contribution in [0.4, 0.5) is 11.4 Å². The normalized spacial score (nSPS) is 10.9. The molecule has 1 amide bonds. The first kappa shape index (κ1) is 15.3. The van der Waals surface area contributed by atoms with Crippen LogP contribution in [-0.4, -0.2) is 21.3 Å². The monoisotopic (exact) mass is 282 g/mol. The zero-order chi connectivity index (χ0) is 15.7. The second-order valence-electron chi connectivity index (χ2n) is 5.06. The molecule has 0 atom stereocenters. The average Bonchev–Trinajstić information content (AvgIpc) is 2.25. The molecule has 0 spiro atoms. The topological polar surface area (TPSA) is 138 Å². The van der Waals surface area contributed by atoms with Crippen molar-refractivity contribution in [3.8, 4) is 5.75 Å². The van der Waals surface area contributed by atoms with Crippen LogP contribution in [-0.2, 0) is 0 Å². The smallest absolute Gasteiger partial charge is 0.277 e. The Kier molecular flexibility index (Phi) is 3.92. The lowest BCUT2D eigenvalue weighted by Gasteiger charge is -2.22. The van der Waals surface area contributed by atoms with Gasteiger partial charge in [0.15, 0.2) is 0 Å². The van der Waals surface area contributed by atoms with Crippen molar-refractivity contribution in [1.82, 2.24) is 5.32 Å². The highest BCUT2D eigenvalue weighted by atomic mass is 16.6. The van der Waals surface area contributed by atoms with Crippen molar-refractivity contribution in [1.29, 1.82) is 0 Å². The second kappa shape index (κ2) is 5.11. The Bertz CT molecular complexity index is 591. The number of carbonyl (C=O) groups excluding carboxylic acids is 1. The van der Waals surface area contributed by atoms with E-state index in [1.807, 2.05) is 0 Å². The number of nitro groups is 2. The molecule has 0 aliphatic carbocycles. The third kappa shape index (κ3) is 3.40. The fraction of sp³-hybridized carbons (Fsp3) is 0.364. The molecule has 0 bridgehead atoms. The predicted molar refractivity (Wildman–Crippen MR) is 66.4 cm³/mol. The van der Waals surface area contributed by atoms with Gasteiger partial charge in [-0.3, -0.25) is 25.0 Å². The number of carbonyl (C=O) groups is 1. The molecule has 0 unspecified atom stereocenters. The highest BCUT2D eigenvalue weighted by molar-refractivity contribution is 5.99. The summed E-state index contributed by atoms with van der Waals surface area (Å²) in [6.45, 7) is 4.92. The molecule has 0 radical (unpaired) electrons. The number of benzene rings is 1. The molecule has 0 fully saturated rings. The van der Waals surface area contributed by atoms with Gasteiger partial charge in [0.1, 0.15) is 0 Å². The van der Waals surface area contributed by atoms with Crippen molar-refractivity contribution in [2.24, 2.45) is 0 Å². The average molecular weight is 282 g/mol. The van der Waals surface area contributed by atoms with Crippen LogP contribution in [0.1, 0.15) is 31.1 Å². The number of nitro benzene ring substituents is 2. The lowest BCUT2D eigenvalue weighted by Crippen LogP contribution is -2.40. The number of hydrogen-bond acceptors (Lipinski definition) is 6. The number of nitrogens with one attached hydrogen (secondary N) is 1. The molecule has 1 rings (SSSR count). The quantitative estimate of drug-likeness (QED) is 0.650. The van der Waals surface area contributed by atoms with Crippen LogP contribution in [0.5, 0.6) is 5.75 Å². The van der Waals surface area contributed by atoms with Gasteiger partial charge in [-0.25, -0.2) is 0 Å². The van der Waals surface area contributed by atoms with E-state index in [2.05, 4.69) is 5.32 Å². The third-order valence-corrected chi connectivity index (χ3v) is 2.19. The lowest BCUT2D eigenvalue weighted by molar-refractivity contribution is -0.403. The molecular formula is C11H12N3O6-. The minimum Gasteiger partial charge on any atom is -0.867 e. The molecule has 0 aromatic heterocycles. The van der Waals surface area contributed by atoms with Gasteiger partial charge in [0, 0.05) is 17.2 Å². The summed E-state index contributed by atoms with van der Waals surface area (Å²) in [4.78, 5) is 31.3. The highest BCUT2D eigenvalue weighted by Crippen LogP contribution is 2.32. The van der Waals surface area contributed by atoms with Crippen molar-refractivity contribution < 1.29 is 19.7 Å². The second-order valence-corrected chi connectivity index (χ2v) is 5.06. The van der Waals surface area contributed by atoms with Gasteiger partial charge >= 0.3 is 0 Å². The molecule has 0 saturated carbocycles. The number of rotatable bonds is 3. The molecule has 1 aromatic carbocycles. The van der Waals surface area contributed by atoms with Gasteiger partial charge in [0.05, 0.1) is 15.9 Å². The molecule has 9 heteroatoms. The van der Waals surface area contributed by atoms with E-state index >= 15 is 0 Å². The summed E-state index contributed by atoms with van der Waals surface area (Å²) in [5.74, 6) is -2.04. The summed E-state index contributed by atoms with van der Waals surface area (Å²) < 4.78 is 0. The Labute approximate surface area is 113 Å². The van der Waals surface area contributed by atoms with E-state index in [9.17, 15) is 30.1 Å². The Morgan fingerprint density at radius 3 is 2.10 bits per heavy atom. The Hall–Kier alpha value is -2.71. The molecule has 9 nitrogen and oxygen atoms in total. The maximum atomic E-state index is 11.9. The number of hydrogen-bond donors (Lipinski definition) is 1. The van der Waals surface area contributed by atoms with Gasteiger partial charge < -0.3 is 10.4 Å². The van der Waals surface area contributed by atoms with Crippen molar-refractivity contribution in [2.45, 2.75) is 26.3 Å². The van der Waals surface area contributed by atoms with Crippen LogP contribution >= 0.6 is 0 Å². The first-order chi connectivity index (χ1) is 9.03. The molecule has 0 aliphatic rings. The van der Waals surface area contributed by atoms with Gasteiger partial charge in [-0.2, -0.15) is 0 Å². The molecule has 1 N–H and O–H groups in total. The van der Waals surface area contributed by atoms with Crippen molar-refractivity contribution in [3.63, 3.8) is 0 Å². The standard InChI is InChI=1S/C11H13N3O6/c1-11(2,3)12-10(16)7-4-6(13(17)18)5-8(9(7)15)14(19)20/h4-5,15H,1-3H3,(H,12,16)/p-1. The first-order valence-corrected chi connectivity index (χ1v) is 5.49. The maximum absolute atomic E-state index is 11.9. The van der Waals surface area contributed by atoms with Gasteiger partial charge in [-0.1, -0.05) is 0 Å². The summed E-state index contributed by atoms with van der Waals surface area (Å²) >= 11 is 0. The van der Waals surface area contributed by atoms with Crippen LogP contribution < -0.4 is 10.4 Å². The van der Waals surface area contributed by atoms with Crippen molar-refractivity contribution in [2.75, 3.05) is 0 Å². The lowest BCUT2D eigenvalue weighted by atomic mass is 10.1. The zero-order valence-electron chi connectivity index (χ0n) is 11.0. The molecule has 0 aliphatic heterocycles. The molecule has 1 aromatic rings. The summed E-state index contributed by atoms with van der Waals surface area (Å²) in [5.41, 5.74) is -3.00. The fourth-order valence-corrected chi connectivity index (χ4v) is 1.42. The molecule has 0 heterocycles. The van der Waals surface area contributed by atoms with Crippen LogP contribution in [0.25, 0.3) is 0 Å². The predicted octanol–water partition coefficient (Wildman–Crippen LogP) is 1.10. The fourth-order valence-electron chi connectivity index (χ4n) is 1.42. The van der Waals surface area contributed by atoms with Gasteiger partial charge in [-0.15, -0.1) is 0 Å². The van der Waals surface area contributed by atoms with E-state index < -0.39 is 44.0 Å². The minimum absolute atomic E-state index is 0.538. The molecule has 20 heavy (non-hydrogen) atoms. The van der Waals surface area contributed by atoms with Crippen LogP contribution in [0.15, 0.2) is 12.1 Å². The summed E-state index contributed by atoms with van der Waals surface area (Å²) in [6.07, 6.45) is 0. The largest absolute Gasteiger partial charge is 0.867 e. The van der Waals surface area contributed by atoms with Crippen molar-refractivity contribution >= 4 is 17.3 Å². The van der Waals surface area contributed by atoms with E-state index in [1.54, 1.807) is 20.8 Å². The van der Waals surface area contributed by atoms with E-state index in [1.165, 1.54) is 0 Å². The van der Waals surface area contributed by atoms with Crippen LogP contribution in [0.3, 0.4) is 0 Å². The first-order valence-electron chi connectivity index (χ1n) is 5.49. The maximum Gasteiger partial charge on any atom is 0.277 e. The Morgan fingerprint density at radius 1 is 1.15 bits per heavy atom. The van der Waals surface area contributed by atoms with Crippen LogP contribution in [0, 0.1) is 20.2 Å². The van der Waals surface area contributed by atoms with Crippen molar-refractivity contribution in [3.05, 3.63) is 37.9 Å². The SMILES string of the molecule is CC(C)(C)NC(=O)c1cc([N+](=O)[O-])cc([N+](=O)[O-])c1[O-]. The zero-order valence-corrected chi connectivity index (χ0v) is 11.0. The summed E-state index contributed by atoms with van der Waals surface area (Å²) in [5, 5.41) is 35.6. The number of non-ortho nitro benzene ring substituents is 1. The van der Waals surface area contributed by atoms with Gasteiger partial charge in [0.25, 0.3) is 17.3 Å². The number of amides is 1. The molecule has 0 saturated heterocycles. The number of nitrogens with zero attached hydrogens (tertiary/aromatic N) is 2. The highest BCUT2D eigenvalue weighted by Gasteiger charge is 2.24. The summed E-state index contributed by atoms with van der Waals surface area (Å²) in [6, 6.07) is 1.27. The Balaban J connectivity index is 3.41. The third-order valence-electron chi connectivity index (χ3n) is 2.19. The van der Waals surface area contributed by atoms with E-state index in [0.717, 1.165) is 6.07 Å². The van der Waals surface area contributed by atoms with E-state index in [0.29, 0.717) is 6.07 Å². The van der Waals surface area contributed by atoms with Crippen LogP contribution in [0.2, 0.25) is 0 Å². The van der Waals surface area contributed by atoms with E-state index in [-0.39, 0.29) is 0 Å². The van der Waals surface area contributed by atoms with Gasteiger partial charge in [-0.05, 0) is 26.5 Å². The summed E-state index contributed by atoms with van der Waals surface area (Å²) in [7, 11) is 0.